The molecule has 1 saturated heterocycles. The number of hydrogen-bond donors (Lipinski definition) is 1. The molecular formula is C26H30N4O. The average Bonchev–Trinajstić information content (AvgIpc) is 2.83. The number of aromatic nitrogens is 2. The van der Waals surface area contributed by atoms with Crippen molar-refractivity contribution < 1.29 is 4.79 Å². The predicted octanol–water partition coefficient (Wildman–Crippen LogP) is 4.34. The highest BCUT2D eigenvalue weighted by Crippen LogP contribution is 2.27. The van der Waals surface area contributed by atoms with Crippen molar-refractivity contribution in [2.75, 3.05) is 24.5 Å². The van der Waals surface area contributed by atoms with Gasteiger partial charge in [-0.05, 0) is 49.4 Å². The molecule has 0 spiro atoms. The molecule has 1 aliphatic rings. The quantitative estimate of drug-likeness (QED) is 0.625. The number of carbonyl (C=O) groups excluding carboxylic acids is 1. The van der Waals surface area contributed by atoms with E-state index >= 15 is 0 Å². The van der Waals surface area contributed by atoms with Crippen LogP contribution in [0.3, 0.4) is 0 Å². The maximum atomic E-state index is 12.9. The van der Waals surface area contributed by atoms with E-state index in [2.05, 4.69) is 68.9 Å². The minimum atomic E-state index is -0.0104. The van der Waals surface area contributed by atoms with E-state index in [0.29, 0.717) is 13.1 Å². The number of nitrogens with one attached hydrogen (secondary N) is 1. The summed E-state index contributed by atoms with van der Waals surface area (Å²) in [6, 6.07) is 25.0. The summed E-state index contributed by atoms with van der Waals surface area (Å²) in [6.07, 6.45) is 2.78. The minimum absolute atomic E-state index is 0.0104. The van der Waals surface area contributed by atoms with Crippen LogP contribution in [0.1, 0.15) is 42.0 Å². The number of piperidine rings is 1. The summed E-state index contributed by atoms with van der Waals surface area (Å²) in [4.78, 5) is 15.1. The van der Waals surface area contributed by atoms with Gasteiger partial charge in [-0.25, -0.2) is 0 Å². The van der Waals surface area contributed by atoms with Gasteiger partial charge in [0.25, 0.3) is 0 Å². The Morgan fingerprint density at radius 2 is 1.68 bits per heavy atom. The molecule has 0 aliphatic carbocycles. The van der Waals surface area contributed by atoms with Gasteiger partial charge in [-0.15, -0.1) is 5.10 Å². The van der Waals surface area contributed by atoms with Gasteiger partial charge in [0, 0.05) is 25.6 Å². The van der Waals surface area contributed by atoms with E-state index in [9.17, 15) is 4.79 Å². The Balaban J connectivity index is 1.35. The molecule has 0 saturated carbocycles. The third-order valence-electron chi connectivity index (χ3n) is 6.04. The van der Waals surface area contributed by atoms with Gasteiger partial charge in [0.15, 0.2) is 5.82 Å². The number of rotatable bonds is 7. The smallest absolute Gasteiger partial charge is 0.224 e. The third-order valence-corrected chi connectivity index (χ3v) is 6.04. The van der Waals surface area contributed by atoms with Gasteiger partial charge in [-0.2, -0.15) is 5.10 Å². The van der Waals surface area contributed by atoms with E-state index < -0.39 is 0 Å². The average molecular weight is 415 g/mol. The second-order valence-corrected chi connectivity index (χ2v) is 8.27. The van der Waals surface area contributed by atoms with Crippen LogP contribution in [0.5, 0.6) is 0 Å². The van der Waals surface area contributed by atoms with Crippen molar-refractivity contribution in [1.82, 2.24) is 15.5 Å². The van der Waals surface area contributed by atoms with E-state index in [-0.39, 0.29) is 17.7 Å². The van der Waals surface area contributed by atoms with E-state index in [1.54, 1.807) is 0 Å². The summed E-state index contributed by atoms with van der Waals surface area (Å²) in [5.74, 6) is 1.26. The Labute approximate surface area is 184 Å². The molecule has 1 unspecified atom stereocenters. The molecule has 31 heavy (non-hydrogen) atoms. The predicted molar refractivity (Wildman–Crippen MR) is 124 cm³/mol. The monoisotopic (exact) mass is 414 g/mol. The first-order chi connectivity index (χ1) is 15.2. The highest BCUT2D eigenvalue weighted by Gasteiger charge is 2.26. The van der Waals surface area contributed by atoms with Crippen molar-refractivity contribution >= 4 is 11.7 Å². The van der Waals surface area contributed by atoms with Crippen molar-refractivity contribution in [2.24, 2.45) is 5.92 Å². The molecule has 5 heteroatoms. The van der Waals surface area contributed by atoms with Crippen molar-refractivity contribution in [3.63, 3.8) is 0 Å². The van der Waals surface area contributed by atoms with Crippen LogP contribution in [-0.4, -0.2) is 35.7 Å². The van der Waals surface area contributed by atoms with Crippen molar-refractivity contribution in [3.8, 4) is 0 Å². The molecule has 1 atom stereocenters. The van der Waals surface area contributed by atoms with Gasteiger partial charge >= 0.3 is 0 Å². The Morgan fingerprint density at radius 3 is 2.29 bits per heavy atom. The number of amides is 1. The normalized spacial score (nSPS) is 16.3. The van der Waals surface area contributed by atoms with Crippen molar-refractivity contribution in [2.45, 2.75) is 32.1 Å². The number of nitrogens with zero attached hydrogens (tertiary/aromatic N) is 3. The summed E-state index contributed by atoms with van der Waals surface area (Å²) in [5, 5.41) is 11.7. The standard InChI is InChI=1S/C26H30N4O/c1-20-14-15-25(29-28-20)30-18-8-13-23(19-30)26(31)27-17-16-24(21-9-4-2-5-10-21)22-11-6-3-7-12-22/h2-7,9-12,14-15,23-24H,8,13,16-19H2,1H3,(H,27,31). The Kier molecular flexibility index (Phi) is 6.92. The summed E-state index contributed by atoms with van der Waals surface area (Å²) >= 11 is 0. The van der Waals surface area contributed by atoms with Gasteiger partial charge in [0.2, 0.25) is 5.91 Å². The highest BCUT2D eigenvalue weighted by molar-refractivity contribution is 5.79. The van der Waals surface area contributed by atoms with Gasteiger partial charge < -0.3 is 10.2 Å². The number of benzene rings is 2. The molecule has 1 aromatic heterocycles. The summed E-state index contributed by atoms with van der Waals surface area (Å²) in [7, 11) is 0. The van der Waals surface area contributed by atoms with Gasteiger partial charge in [-0.3, -0.25) is 4.79 Å². The fourth-order valence-corrected chi connectivity index (χ4v) is 4.34. The first-order valence-corrected chi connectivity index (χ1v) is 11.1. The molecule has 1 fully saturated rings. The van der Waals surface area contributed by atoms with E-state index in [0.717, 1.165) is 37.3 Å². The Morgan fingerprint density at radius 1 is 1.00 bits per heavy atom. The number of anilines is 1. The molecule has 4 rings (SSSR count). The zero-order chi connectivity index (χ0) is 21.5. The molecule has 0 bridgehead atoms. The first kappa shape index (κ1) is 21.0. The zero-order valence-corrected chi connectivity index (χ0v) is 18.1. The van der Waals surface area contributed by atoms with Crippen LogP contribution in [0, 0.1) is 12.8 Å². The summed E-state index contributed by atoms with van der Waals surface area (Å²) in [5.41, 5.74) is 3.47. The maximum absolute atomic E-state index is 12.9. The lowest BCUT2D eigenvalue weighted by atomic mass is 9.88. The van der Waals surface area contributed by atoms with Gasteiger partial charge in [-0.1, -0.05) is 60.7 Å². The maximum Gasteiger partial charge on any atom is 0.224 e. The molecule has 2 aromatic carbocycles. The van der Waals surface area contributed by atoms with Gasteiger partial charge in [0.05, 0.1) is 11.6 Å². The molecule has 1 amide bonds. The Bertz CT molecular complexity index is 920. The Hall–Kier alpha value is -3.21. The molecular weight excluding hydrogens is 384 g/mol. The fourth-order valence-electron chi connectivity index (χ4n) is 4.34. The topological polar surface area (TPSA) is 58.1 Å². The molecule has 2 heterocycles. The molecule has 5 nitrogen and oxygen atoms in total. The SMILES string of the molecule is Cc1ccc(N2CCCC(C(=O)NCCC(c3ccccc3)c3ccccc3)C2)nn1. The van der Waals surface area contributed by atoms with Crippen LogP contribution in [0.2, 0.25) is 0 Å². The summed E-state index contributed by atoms with van der Waals surface area (Å²) < 4.78 is 0. The van der Waals surface area contributed by atoms with E-state index in [1.165, 1.54) is 11.1 Å². The minimum Gasteiger partial charge on any atom is -0.356 e. The largest absolute Gasteiger partial charge is 0.356 e. The number of aryl methyl sites for hydroxylation is 1. The highest BCUT2D eigenvalue weighted by atomic mass is 16.1. The van der Waals surface area contributed by atoms with Crippen molar-refractivity contribution in [1.29, 1.82) is 0 Å². The molecule has 160 valence electrons. The van der Waals surface area contributed by atoms with E-state index in [1.807, 2.05) is 31.2 Å². The first-order valence-electron chi connectivity index (χ1n) is 11.1. The van der Waals surface area contributed by atoms with Crippen LogP contribution in [0.15, 0.2) is 72.8 Å². The van der Waals surface area contributed by atoms with Crippen LogP contribution in [0.4, 0.5) is 5.82 Å². The van der Waals surface area contributed by atoms with Crippen LogP contribution in [-0.2, 0) is 4.79 Å². The second-order valence-electron chi connectivity index (χ2n) is 8.27. The lowest BCUT2D eigenvalue weighted by Gasteiger charge is -2.32. The molecule has 1 N–H and O–H groups in total. The third kappa shape index (κ3) is 5.48. The molecule has 3 aromatic rings. The fraction of sp³-hybridized carbons (Fsp3) is 0.346. The molecule has 1 aliphatic heterocycles. The zero-order valence-electron chi connectivity index (χ0n) is 18.1. The number of hydrogen-bond acceptors (Lipinski definition) is 4. The van der Waals surface area contributed by atoms with Gasteiger partial charge in [0.1, 0.15) is 0 Å². The lowest BCUT2D eigenvalue weighted by Crippen LogP contribution is -2.43. The van der Waals surface area contributed by atoms with E-state index in [4.69, 9.17) is 0 Å². The van der Waals surface area contributed by atoms with Crippen molar-refractivity contribution in [3.05, 3.63) is 89.6 Å². The van der Waals surface area contributed by atoms with Crippen LogP contribution < -0.4 is 10.2 Å². The van der Waals surface area contributed by atoms with Crippen LogP contribution in [0.25, 0.3) is 0 Å². The molecule has 0 radical (unpaired) electrons. The number of carbonyl (C=O) groups is 1. The lowest BCUT2D eigenvalue weighted by molar-refractivity contribution is -0.125. The second kappa shape index (κ2) is 10.2. The summed E-state index contributed by atoms with van der Waals surface area (Å²) in [6.45, 7) is 4.21. The van der Waals surface area contributed by atoms with Crippen LogP contribution >= 0.6 is 0 Å².